The van der Waals surface area contributed by atoms with Gasteiger partial charge in [-0.05, 0) is 25.9 Å². The highest BCUT2D eigenvalue weighted by Crippen LogP contribution is 2.02. The van der Waals surface area contributed by atoms with Crippen molar-refractivity contribution in [1.82, 2.24) is 10.2 Å². The molecule has 106 valence electrons. The van der Waals surface area contributed by atoms with E-state index >= 15 is 0 Å². The summed E-state index contributed by atoms with van der Waals surface area (Å²) in [6, 6.07) is 0. The van der Waals surface area contributed by atoms with Crippen LogP contribution in [0.25, 0.3) is 0 Å². The summed E-state index contributed by atoms with van der Waals surface area (Å²) in [4.78, 5) is 2.19. The predicted octanol–water partition coefficient (Wildman–Crippen LogP) is 0.933. The maximum absolute atomic E-state index is 9.38. The Hall–Kier alpha value is -0.160. The minimum absolute atomic E-state index is 0.155. The van der Waals surface area contributed by atoms with Gasteiger partial charge in [-0.25, -0.2) is 0 Å². The van der Waals surface area contributed by atoms with E-state index in [0.717, 1.165) is 26.1 Å². The van der Waals surface area contributed by atoms with Crippen molar-refractivity contribution in [2.24, 2.45) is 5.92 Å². The summed E-state index contributed by atoms with van der Waals surface area (Å²) in [5.41, 5.74) is 0. The summed E-state index contributed by atoms with van der Waals surface area (Å²) >= 11 is 0. The zero-order valence-corrected chi connectivity index (χ0v) is 12.2. The molecule has 0 aliphatic heterocycles. The second-order valence-electron chi connectivity index (χ2n) is 4.42. The van der Waals surface area contributed by atoms with E-state index in [-0.39, 0.29) is 6.61 Å². The zero-order valence-electron chi connectivity index (χ0n) is 12.2. The van der Waals surface area contributed by atoms with E-state index in [2.05, 4.69) is 24.1 Å². The molecule has 0 rings (SSSR count). The number of rotatable bonds is 9. The molecule has 0 radical (unpaired) electrons. The third-order valence-corrected chi connectivity index (χ3v) is 2.38. The highest BCUT2D eigenvalue weighted by molar-refractivity contribution is 4.65. The van der Waals surface area contributed by atoms with Gasteiger partial charge in [0.2, 0.25) is 0 Å². The van der Waals surface area contributed by atoms with Gasteiger partial charge in [0.1, 0.15) is 0 Å². The van der Waals surface area contributed by atoms with Crippen LogP contribution in [-0.2, 0) is 0 Å². The fraction of sp³-hybridized carbons (Fsp3) is 1.00. The molecular formula is C13H32N2O2. The molecule has 4 nitrogen and oxygen atoms in total. The molecule has 0 bridgehead atoms. The number of hydrogen-bond acceptors (Lipinski definition) is 4. The molecule has 0 saturated heterocycles. The average molecular weight is 248 g/mol. The summed E-state index contributed by atoms with van der Waals surface area (Å²) in [5.74, 6) is 0.674. The van der Waals surface area contributed by atoms with Crippen molar-refractivity contribution < 1.29 is 10.2 Å². The summed E-state index contributed by atoms with van der Waals surface area (Å²) in [7, 11) is 1.92. The van der Waals surface area contributed by atoms with Crippen LogP contribution in [-0.4, -0.2) is 61.1 Å². The van der Waals surface area contributed by atoms with Gasteiger partial charge in [0, 0.05) is 19.6 Å². The fourth-order valence-electron chi connectivity index (χ4n) is 1.36. The molecule has 0 heterocycles. The molecule has 3 N–H and O–H groups in total. The van der Waals surface area contributed by atoms with Crippen LogP contribution in [0, 0.1) is 5.92 Å². The Labute approximate surface area is 107 Å². The number of aliphatic hydroxyl groups excluding tert-OH is 2. The summed E-state index contributed by atoms with van der Waals surface area (Å²) in [5, 5.41) is 21.3. The molecule has 0 fully saturated rings. The second-order valence-corrected chi connectivity index (χ2v) is 4.42. The Bertz CT molecular complexity index is 143. The molecule has 0 aliphatic rings. The Balaban J connectivity index is 0. The Morgan fingerprint density at radius 2 is 1.76 bits per heavy atom. The topological polar surface area (TPSA) is 55.7 Å². The van der Waals surface area contributed by atoms with Crippen LogP contribution >= 0.6 is 0 Å². The molecule has 0 aromatic carbocycles. The first-order valence-electron chi connectivity index (χ1n) is 6.76. The van der Waals surface area contributed by atoms with E-state index in [4.69, 9.17) is 5.11 Å². The summed E-state index contributed by atoms with van der Waals surface area (Å²) in [6.07, 6.45) is 0.510. The molecule has 0 aromatic heterocycles. The van der Waals surface area contributed by atoms with Crippen LogP contribution in [0.1, 0.15) is 34.1 Å². The first kappa shape index (κ1) is 19.2. The first-order valence-corrected chi connectivity index (χ1v) is 6.76. The van der Waals surface area contributed by atoms with Crippen molar-refractivity contribution in [3.05, 3.63) is 0 Å². The van der Waals surface area contributed by atoms with E-state index in [1.807, 2.05) is 20.9 Å². The standard InChI is InChI=1S/C11H26N2O2.C2H6/c1-10(2)4-6-13(7-5-12-3)8-11(15)9-14;1-2/h10-12,14-15H,4-9H2,1-3H3;1-2H3. The third-order valence-electron chi connectivity index (χ3n) is 2.38. The minimum Gasteiger partial charge on any atom is -0.394 e. The molecular weight excluding hydrogens is 216 g/mol. The molecule has 0 spiro atoms. The Kier molecular flexibility index (Phi) is 15.7. The lowest BCUT2D eigenvalue weighted by atomic mass is 10.1. The number of nitrogens with zero attached hydrogens (tertiary/aromatic N) is 1. The van der Waals surface area contributed by atoms with Crippen LogP contribution in [0.3, 0.4) is 0 Å². The highest BCUT2D eigenvalue weighted by Gasteiger charge is 2.10. The maximum Gasteiger partial charge on any atom is 0.0897 e. The zero-order chi connectivity index (χ0) is 13.7. The van der Waals surface area contributed by atoms with Crippen molar-refractivity contribution in [2.75, 3.05) is 39.8 Å². The monoisotopic (exact) mass is 248 g/mol. The van der Waals surface area contributed by atoms with Crippen molar-refractivity contribution in [2.45, 2.75) is 40.2 Å². The SMILES string of the molecule is CC.CNCCN(CCC(C)C)CC(O)CO. The second kappa shape index (κ2) is 13.9. The lowest BCUT2D eigenvalue weighted by Crippen LogP contribution is -2.39. The lowest BCUT2D eigenvalue weighted by molar-refractivity contribution is 0.0581. The van der Waals surface area contributed by atoms with Crippen molar-refractivity contribution in [3.63, 3.8) is 0 Å². The van der Waals surface area contributed by atoms with Gasteiger partial charge in [-0.3, -0.25) is 4.90 Å². The fourth-order valence-corrected chi connectivity index (χ4v) is 1.36. The third kappa shape index (κ3) is 13.8. The van der Waals surface area contributed by atoms with Crippen molar-refractivity contribution in [1.29, 1.82) is 0 Å². The van der Waals surface area contributed by atoms with Gasteiger partial charge in [-0.15, -0.1) is 0 Å². The smallest absolute Gasteiger partial charge is 0.0897 e. The molecule has 4 heteroatoms. The van der Waals surface area contributed by atoms with Crippen LogP contribution in [0.4, 0.5) is 0 Å². The van der Waals surface area contributed by atoms with Crippen LogP contribution in [0.15, 0.2) is 0 Å². The van der Waals surface area contributed by atoms with E-state index in [1.165, 1.54) is 0 Å². The van der Waals surface area contributed by atoms with Crippen molar-refractivity contribution >= 4 is 0 Å². The maximum atomic E-state index is 9.38. The van der Waals surface area contributed by atoms with Crippen molar-refractivity contribution in [3.8, 4) is 0 Å². The molecule has 0 saturated carbocycles. The number of hydrogen-bond donors (Lipinski definition) is 3. The molecule has 1 unspecified atom stereocenters. The largest absolute Gasteiger partial charge is 0.394 e. The normalized spacial score (nSPS) is 12.5. The van der Waals surface area contributed by atoms with Gasteiger partial charge < -0.3 is 15.5 Å². The molecule has 17 heavy (non-hydrogen) atoms. The average Bonchev–Trinajstić information content (AvgIpc) is 2.34. The van der Waals surface area contributed by atoms with Gasteiger partial charge in [0.25, 0.3) is 0 Å². The van der Waals surface area contributed by atoms with Crippen LogP contribution in [0.5, 0.6) is 0 Å². The number of likely N-dealkylation sites (N-methyl/N-ethyl adjacent to an activating group) is 1. The first-order chi connectivity index (χ1) is 8.10. The highest BCUT2D eigenvalue weighted by atomic mass is 16.3. The Morgan fingerprint density at radius 3 is 2.18 bits per heavy atom. The summed E-state index contributed by atoms with van der Waals surface area (Å²) < 4.78 is 0. The number of nitrogens with one attached hydrogen (secondary N) is 1. The Morgan fingerprint density at radius 1 is 1.18 bits per heavy atom. The van der Waals surface area contributed by atoms with Crippen LogP contribution < -0.4 is 5.32 Å². The van der Waals surface area contributed by atoms with E-state index in [1.54, 1.807) is 0 Å². The quantitative estimate of drug-likeness (QED) is 0.568. The molecule has 0 aliphatic carbocycles. The van der Waals surface area contributed by atoms with E-state index < -0.39 is 6.10 Å². The number of aliphatic hydroxyl groups is 2. The van der Waals surface area contributed by atoms with Gasteiger partial charge in [0.05, 0.1) is 12.7 Å². The lowest BCUT2D eigenvalue weighted by Gasteiger charge is -2.25. The van der Waals surface area contributed by atoms with E-state index in [0.29, 0.717) is 12.5 Å². The molecule has 1 atom stereocenters. The van der Waals surface area contributed by atoms with Gasteiger partial charge in [0.15, 0.2) is 0 Å². The molecule has 0 amide bonds. The van der Waals surface area contributed by atoms with Gasteiger partial charge >= 0.3 is 0 Å². The predicted molar refractivity (Wildman–Crippen MR) is 74.3 cm³/mol. The summed E-state index contributed by atoms with van der Waals surface area (Å²) in [6.45, 7) is 11.6. The van der Waals surface area contributed by atoms with Crippen LogP contribution in [0.2, 0.25) is 0 Å². The minimum atomic E-state index is -0.617. The van der Waals surface area contributed by atoms with E-state index in [9.17, 15) is 5.11 Å². The molecule has 0 aromatic rings. The van der Waals surface area contributed by atoms with Gasteiger partial charge in [-0.1, -0.05) is 27.7 Å². The van der Waals surface area contributed by atoms with Gasteiger partial charge in [-0.2, -0.15) is 0 Å².